The fourth-order valence-electron chi connectivity index (χ4n) is 3.58. The van der Waals surface area contributed by atoms with E-state index in [-0.39, 0.29) is 30.9 Å². The molecule has 0 fully saturated rings. The standard InChI is InChI=1S/C23H20F6O4S/c1-13-3-2-4-19(20(13)21(32,22(24,25)26)23(27,28)29)16-8-18(34-12-16)11-33-17-6-5-14(9-30)15(7-17)10-31/h2-8,12,30-32H,9-11H2,1H3. The van der Waals surface area contributed by atoms with Crippen molar-refractivity contribution in [3.8, 4) is 16.9 Å². The van der Waals surface area contributed by atoms with Gasteiger partial charge in [-0.05, 0) is 58.3 Å². The van der Waals surface area contributed by atoms with Crippen molar-refractivity contribution in [2.24, 2.45) is 0 Å². The van der Waals surface area contributed by atoms with E-state index in [1.807, 2.05) is 0 Å². The fraction of sp³-hybridized carbons (Fsp3) is 0.304. The molecule has 2 aromatic carbocycles. The van der Waals surface area contributed by atoms with Crippen LogP contribution < -0.4 is 4.74 Å². The quantitative estimate of drug-likeness (QED) is 0.365. The average Bonchev–Trinajstić information content (AvgIpc) is 3.24. The Morgan fingerprint density at radius 1 is 0.882 bits per heavy atom. The number of hydrogen-bond acceptors (Lipinski definition) is 5. The second kappa shape index (κ2) is 9.57. The number of rotatable bonds is 7. The highest BCUT2D eigenvalue weighted by molar-refractivity contribution is 7.10. The maximum absolute atomic E-state index is 13.6. The van der Waals surface area contributed by atoms with Gasteiger partial charge in [0.15, 0.2) is 0 Å². The molecule has 0 atom stereocenters. The fourth-order valence-corrected chi connectivity index (χ4v) is 4.37. The third-order valence-corrected chi connectivity index (χ3v) is 6.23. The Kier molecular flexibility index (Phi) is 7.32. The van der Waals surface area contributed by atoms with E-state index >= 15 is 0 Å². The van der Waals surface area contributed by atoms with E-state index < -0.39 is 29.1 Å². The topological polar surface area (TPSA) is 69.9 Å². The van der Waals surface area contributed by atoms with Crippen molar-refractivity contribution >= 4 is 11.3 Å². The number of hydrogen-bond donors (Lipinski definition) is 3. The van der Waals surface area contributed by atoms with Crippen molar-refractivity contribution in [1.29, 1.82) is 0 Å². The Hall–Kier alpha value is -2.60. The van der Waals surface area contributed by atoms with Gasteiger partial charge in [-0.25, -0.2) is 0 Å². The molecule has 0 aliphatic carbocycles. The van der Waals surface area contributed by atoms with Crippen LogP contribution in [0.3, 0.4) is 0 Å². The van der Waals surface area contributed by atoms with Gasteiger partial charge in [-0.1, -0.05) is 24.3 Å². The predicted octanol–water partition coefficient (Wildman–Crippen LogP) is 5.60. The predicted molar refractivity (Wildman–Crippen MR) is 113 cm³/mol. The maximum atomic E-state index is 13.6. The van der Waals surface area contributed by atoms with E-state index in [1.54, 1.807) is 12.1 Å². The first-order chi connectivity index (χ1) is 15.8. The van der Waals surface area contributed by atoms with Crippen LogP contribution in [-0.4, -0.2) is 27.7 Å². The van der Waals surface area contributed by atoms with Crippen molar-refractivity contribution in [1.82, 2.24) is 0 Å². The molecular formula is C23H20F6O4S. The molecule has 0 radical (unpaired) electrons. The molecule has 184 valence electrons. The molecule has 3 aromatic rings. The molecule has 0 spiro atoms. The SMILES string of the molecule is Cc1cccc(-c2csc(COc3ccc(CO)c(CO)c3)c2)c1C(O)(C(F)(F)F)C(F)(F)F. The van der Waals surface area contributed by atoms with E-state index in [9.17, 15) is 41.7 Å². The number of alkyl halides is 6. The molecule has 0 amide bonds. The smallest absolute Gasteiger partial charge is 0.430 e. The van der Waals surface area contributed by atoms with E-state index in [0.29, 0.717) is 21.8 Å². The van der Waals surface area contributed by atoms with Gasteiger partial charge in [0.2, 0.25) is 0 Å². The summed E-state index contributed by atoms with van der Waals surface area (Å²) in [5.41, 5.74) is -6.03. The largest absolute Gasteiger partial charge is 0.488 e. The first kappa shape index (κ1) is 26.0. The molecule has 1 aromatic heterocycles. The lowest BCUT2D eigenvalue weighted by Crippen LogP contribution is -2.54. The van der Waals surface area contributed by atoms with Crippen LogP contribution in [-0.2, 0) is 25.4 Å². The zero-order chi connectivity index (χ0) is 25.3. The van der Waals surface area contributed by atoms with Gasteiger partial charge in [0.1, 0.15) is 12.4 Å². The highest BCUT2D eigenvalue weighted by Gasteiger charge is 2.72. The lowest BCUT2D eigenvalue weighted by atomic mass is 9.83. The van der Waals surface area contributed by atoms with Crippen LogP contribution in [0, 0.1) is 6.92 Å². The summed E-state index contributed by atoms with van der Waals surface area (Å²) in [4.78, 5) is 0.502. The summed E-state index contributed by atoms with van der Waals surface area (Å²) in [6, 6.07) is 9.52. The Balaban J connectivity index is 1.96. The van der Waals surface area contributed by atoms with Gasteiger partial charge in [-0.2, -0.15) is 26.3 Å². The molecule has 0 bridgehead atoms. The first-order valence-corrected chi connectivity index (χ1v) is 10.7. The number of benzene rings is 2. The Morgan fingerprint density at radius 3 is 2.12 bits per heavy atom. The van der Waals surface area contributed by atoms with Gasteiger partial charge in [-0.3, -0.25) is 0 Å². The number of halogens is 6. The molecule has 34 heavy (non-hydrogen) atoms. The van der Waals surface area contributed by atoms with E-state index in [1.165, 1.54) is 23.6 Å². The van der Waals surface area contributed by atoms with Gasteiger partial charge in [0.05, 0.1) is 13.2 Å². The van der Waals surface area contributed by atoms with E-state index in [4.69, 9.17) is 4.74 Å². The zero-order valence-electron chi connectivity index (χ0n) is 17.7. The monoisotopic (exact) mass is 506 g/mol. The average molecular weight is 506 g/mol. The maximum Gasteiger partial charge on any atom is 0.430 e. The van der Waals surface area contributed by atoms with E-state index in [0.717, 1.165) is 30.4 Å². The summed E-state index contributed by atoms with van der Waals surface area (Å²) in [7, 11) is 0. The Bertz CT molecular complexity index is 1140. The summed E-state index contributed by atoms with van der Waals surface area (Å²) < 4.78 is 87.0. The van der Waals surface area contributed by atoms with Gasteiger partial charge in [-0.15, -0.1) is 11.3 Å². The number of aliphatic hydroxyl groups is 3. The number of thiophene rings is 1. The summed E-state index contributed by atoms with van der Waals surface area (Å²) in [5.74, 6) is 0.357. The van der Waals surface area contributed by atoms with Gasteiger partial charge < -0.3 is 20.1 Å². The van der Waals surface area contributed by atoms with Crippen molar-refractivity contribution in [2.75, 3.05) is 0 Å². The minimum Gasteiger partial charge on any atom is -0.488 e. The second-order valence-electron chi connectivity index (χ2n) is 7.54. The number of ether oxygens (including phenoxy) is 1. The van der Waals surface area contributed by atoms with Crippen LogP contribution in [0.25, 0.3) is 11.1 Å². The Labute approximate surface area is 194 Å². The van der Waals surface area contributed by atoms with Crippen molar-refractivity contribution in [3.63, 3.8) is 0 Å². The lowest BCUT2D eigenvalue weighted by molar-refractivity contribution is -0.376. The normalized spacial score (nSPS) is 12.8. The summed E-state index contributed by atoms with van der Waals surface area (Å²) in [5, 5.41) is 30.0. The van der Waals surface area contributed by atoms with Gasteiger partial charge in [0.25, 0.3) is 5.60 Å². The molecule has 0 unspecified atom stereocenters. The summed E-state index contributed by atoms with van der Waals surface area (Å²) >= 11 is 1.06. The number of aryl methyl sites for hydroxylation is 1. The zero-order valence-corrected chi connectivity index (χ0v) is 18.5. The molecular weight excluding hydrogens is 486 g/mol. The molecule has 11 heteroatoms. The molecule has 3 rings (SSSR count). The van der Waals surface area contributed by atoms with Crippen LogP contribution in [0.2, 0.25) is 0 Å². The molecule has 4 nitrogen and oxygen atoms in total. The van der Waals surface area contributed by atoms with Crippen LogP contribution in [0.15, 0.2) is 47.8 Å². The molecule has 0 saturated carbocycles. The first-order valence-electron chi connectivity index (χ1n) is 9.83. The van der Waals surface area contributed by atoms with Crippen LogP contribution in [0.4, 0.5) is 26.3 Å². The Morgan fingerprint density at radius 2 is 1.53 bits per heavy atom. The molecule has 1 heterocycles. The van der Waals surface area contributed by atoms with Gasteiger partial charge in [0, 0.05) is 10.4 Å². The van der Waals surface area contributed by atoms with E-state index in [2.05, 4.69) is 0 Å². The molecule has 0 aliphatic rings. The minimum absolute atomic E-state index is 0.0437. The number of aliphatic hydroxyl groups excluding tert-OH is 2. The highest BCUT2D eigenvalue weighted by atomic mass is 32.1. The third kappa shape index (κ3) is 4.78. The minimum atomic E-state index is -6.00. The van der Waals surface area contributed by atoms with Crippen molar-refractivity contribution in [3.05, 3.63) is 75.0 Å². The third-order valence-electron chi connectivity index (χ3n) is 5.32. The van der Waals surface area contributed by atoms with Crippen LogP contribution >= 0.6 is 11.3 Å². The van der Waals surface area contributed by atoms with Gasteiger partial charge >= 0.3 is 12.4 Å². The molecule has 0 saturated heterocycles. The van der Waals surface area contributed by atoms with Crippen molar-refractivity contribution in [2.45, 2.75) is 44.7 Å². The summed E-state index contributed by atoms with van der Waals surface area (Å²) in [6.45, 7) is 0.434. The highest BCUT2D eigenvalue weighted by Crippen LogP contribution is 2.53. The van der Waals surface area contributed by atoms with Crippen LogP contribution in [0.5, 0.6) is 5.75 Å². The lowest BCUT2D eigenvalue weighted by Gasteiger charge is -2.35. The summed E-state index contributed by atoms with van der Waals surface area (Å²) in [6.07, 6.45) is -12.0. The van der Waals surface area contributed by atoms with Crippen LogP contribution in [0.1, 0.15) is 27.1 Å². The van der Waals surface area contributed by atoms with Crippen molar-refractivity contribution < 1.29 is 46.4 Å². The molecule has 3 N–H and O–H groups in total. The molecule has 0 aliphatic heterocycles. The second-order valence-corrected chi connectivity index (χ2v) is 8.54.